The number of amides is 2. The summed E-state index contributed by atoms with van der Waals surface area (Å²) in [5.41, 5.74) is 5.53. The van der Waals surface area contributed by atoms with Crippen LogP contribution in [-0.2, 0) is 38.0 Å². The van der Waals surface area contributed by atoms with Gasteiger partial charge in [0.05, 0.1) is 6.61 Å². The van der Waals surface area contributed by atoms with Gasteiger partial charge in [0.1, 0.15) is 31.0 Å². The summed E-state index contributed by atoms with van der Waals surface area (Å²) in [5, 5.41) is 0. The van der Waals surface area contributed by atoms with E-state index in [-0.39, 0.29) is 6.61 Å². The molecule has 0 bridgehead atoms. The number of carbonyl (C=O) groups excluding carboxylic acids is 2. The Morgan fingerprint density at radius 1 is 1.03 bits per heavy atom. The van der Waals surface area contributed by atoms with Crippen molar-refractivity contribution in [1.82, 2.24) is 10.9 Å². The van der Waals surface area contributed by atoms with E-state index in [4.69, 9.17) is 28.4 Å². The average molecular weight is 462 g/mol. The summed E-state index contributed by atoms with van der Waals surface area (Å²) in [6.07, 6.45) is 0.210. The maximum absolute atomic E-state index is 12.3. The molecule has 5 unspecified atom stereocenters. The van der Waals surface area contributed by atoms with Crippen LogP contribution in [-0.4, -0.2) is 67.3 Å². The van der Waals surface area contributed by atoms with E-state index in [2.05, 4.69) is 10.9 Å². The van der Waals surface area contributed by atoms with E-state index in [0.717, 1.165) is 5.56 Å². The molecule has 5 atom stereocenters. The van der Waals surface area contributed by atoms with E-state index in [1.54, 1.807) is 19.9 Å². The van der Waals surface area contributed by atoms with Crippen LogP contribution in [0.15, 0.2) is 36.4 Å². The van der Waals surface area contributed by atoms with Gasteiger partial charge in [-0.3, -0.25) is 20.4 Å². The Labute approximate surface area is 192 Å². The van der Waals surface area contributed by atoms with Crippen molar-refractivity contribution in [1.29, 1.82) is 0 Å². The van der Waals surface area contributed by atoms with Crippen LogP contribution in [0.4, 0.5) is 0 Å². The van der Waals surface area contributed by atoms with E-state index >= 15 is 0 Å². The maximum atomic E-state index is 12.3. The van der Waals surface area contributed by atoms with Gasteiger partial charge >= 0.3 is 0 Å². The van der Waals surface area contributed by atoms with Crippen LogP contribution < -0.4 is 10.9 Å². The van der Waals surface area contributed by atoms with E-state index in [9.17, 15) is 9.59 Å². The number of hydrazine groups is 1. The number of hydrogen-bond donors (Lipinski definition) is 2. The van der Waals surface area contributed by atoms with E-state index in [1.165, 1.54) is 6.08 Å². The first-order valence-corrected chi connectivity index (χ1v) is 10.9. The molecule has 4 rings (SSSR count). The average Bonchev–Trinajstić information content (AvgIpc) is 3.38. The zero-order valence-corrected chi connectivity index (χ0v) is 19.1. The lowest BCUT2D eigenvalue weighted by atomic mass is 10.1. The van der Waals surface area contributed by atoms with E-state index < -0.39 is 54.1 Å². The van der Waals surface area contributed by atoms with Crippen LogP contribution in [0.2, 0.25) is 0 Å². The maximum Gasteiger partial charge on any atom is 0.264 e. The minimum atomic E-state index is -0.838. The lowest BCUT2D eigenvalue weighted by Crippen LogP contribution is -2.47. The fourth-order valence-electron chi connectivity index (χ4n) is 3.99. The summed E-state index contributed by atoms with van der Waals surface area (Å²) in [4.78, 5) is 24.2. The van der Waals surface area contributed by atoms with Crippen molar-refractivity contribution in [2.75, 3.05) is 13.2 Å². The van der Waals surface area contributed by atoms with E-state index in [0.29, 0.717) is 6.61 Å². The number of hydrogen-bond acceptors (Lipinski definition) is 8. The molecule has 2 N–H and O–H groups in total. The number of ether oxygens (including phenoxy) is 6. The van der Waals surface area contributed by atoms with Gasteiger partial charge in [0, 0.05) is 6.08 Å². The first-order chi connectivity index (χ1) is 15.6. The second-order valence-electron chi connectivity index (χ2n) is 8.99. The van der Waals surface area contributed by atoms with Gasteiger partial charge in [-0.15, -0.1) is 0 Å². The highest BCUT2D eigenvalue weighted by Crippen LogP contribution is 2.41. The first-order valence-electron chi connectivity index (χ1n) is 10.9. The van der Waals surface area contributed by atoms with Crippen molar-refractivity contribution in [2.45, 2.75) is 70.0 Å². The molecule has 180 valence electrons. The van der Waals surface area contributed by atoms with Crippen LogP contribution in [0.5, 0.6) is 0 Å². The molecule has 10 nitrogen and oxygen atoms in total. The van der Waals surface area contributed by atoms with Gasteiger partial charge in [0.15, 0.2) is 17.9 Å². The summed E-state index contributed by atoms with van der Waals surface area (Å²) in [5.74, 6) is -2.58. The normalized spacial score (nSPS) is 32.1. The highest BCUT2D eigenvalue weighted by molar-refractivity contribution is 5.93. The minimum absolute atomic E-state index is 0.316. The highest BCUT2D eigenvalue weighted by Gasteiger charge is 2.59. The topological polar surface area (TPSA) is 114 Å². The van der Waals surface area contributed by atoms with Crippen LogP contribution in [0.3, 0.4) is 0 Å². The van der Waals surface area contributed by atoms with Crippen molar-refractivity contribution in [3.8, 4) is 0 Å². The Balaban J connectivity index is 1.30. The Hall–Kier alpha value is -2.34. The van der Waals surface area contributed by atoms with Crippen LogP contribution in [0.25, 0.3) is 6.08 Å². The predicted octanol–water partition coefficient (Wildman–Crippen LogP) is 1.26. The van der Waals surface area contributed by atoms with Gasteiger partial charge in [0.2, 0.25) is 0 Å². The Bertz CT molecular complexity index is 888. The zero-order valence-electron chi connectivity index (χ0n) is 19.1. The quantitative estimate of drug-likeness (QED) is 0.480. The van der Waals surface area contributed by atoms with Gasteiger partial charge in [-0.25, -0.2) is 0 Å². The molecule has 0 spiro atoms. The van der Waals surface area contributed by atoms with Crippen molar-refractivity contribution in [3.63, 3.8) is 0 Å². The Morgan fingerprint density at radius 2 is 1.79 bits per heavy atom. The zero-order chi connectivity index (χ0) is 23.6. The number of rotatable bonds is 6. The molecule has 1 aromatic rings. The van der Waals surface area contributed by atoms with Crippen molar-refractivity contribution < 1.29 is 38.0 Å². The molecular formula is C23H30N2O8. The molecule has 0 aromatic heterocycles. The van der Waals surface area contributed by atoms with Gasteiger partial charge in [-0.05, 0) is 39.3 Å². The third kappa shape index (κ3) is 5.97. The summed E-state index contributed by atoms with van der Waals surface area (Å²) in [6.45, 7) is 7.19. The molecule has 0 radical (unpaired) electrons. The fraction of sp³-hybridized carbons (Fsp3) is 0.565. The van der Waals surface area contributed by atoms with Gasteiger partial charge in [-0.1, -0.05) is 30.3 Å². The number of benzene rings is 1. The SMILES string of the molecule is CC1(C)OCC(C2OC3OC(C)(C)OC3C2OCC(=O)NNC(=O)C=Cc2ccccc2)O1. The Kier molecular flexibility index (Phi) is 6.85. The lowest BCUT2D eigenvalue weighted by Gasteiger charge is -2.28. The van der Waals surface area contributed by atoms with Crippen LogP contribution >= 0.6 is 0 Å². The molecule has 33 heavy (non-hydrogen) atoms. The van der Waals surface area contributed by atoms with Gasteiger partial charge in [0.25, 0.3) is 11.8 Å². The second kappa shape index (κ2) is 9.49. The molecule has 1 aromatic carbocycles. The summed E-state index contributed by atoms with van der Waals surface area (Å²) in [7, 11) is 0. The molecule has 0 saturated carbocycles. The van der Waals surface area contributed by atoms with Crippen molar-refractivity contribution in [3.05, 3.63) is 42.0 Å². The minimum Gasteiger partial charge on any atom is -0.363 e. The highest BCUT2D eigenvalue weighted by atomic mass is 16.8. The monoisotopic (exact) mass is 462 g/mol. The van der Waals surface area contributed by atoms with Gasteiger partial charge in [-0.2, -0.15) is 0 Å². The van der Waals surface area contributed by atoms with Gasteiger partial charge < -0.3 is 28.4 Å². The molecule has 3 saturated heterocycles. The Morgan fingerprint density at radius 3 is 2.48 bits per heavy atom. The smallest absolute Gasteiger partial charge is 0.264 e. The van der Waals surface area contributed by atoms with Crippen LogP contribution in [0.1, 0.15) is 33.3 Å². The van der Waals surface area contributed by atoms with E-state index in [1.807, 2.05) is 44.2 Å². The molecule has 10 heteroatoms. The lowest BCUT2D eigenvalue weighted by molar-refractivity contribution is -0.235. The summed E-state index contributed by atoms with van der Waals surface area (Å²) >= 11 is 0. The second-order valence-corrected chi connectivity index (χ2v) is 8.99. The van der Waals surface area contributed by atoms with Crippen molar-refractivity contribution in [2.24, 2.45) is 0 Å². The predicted molar refractivity (Wildman–Crippen MR) is 115 cm³/mol. The molecule has 3 aliphatic heterocycles. The number of carbonyl (C=O) groups is 2. The third-order valence-corrected chi connectivity index (χ3v) is 5.38. The largest absolute Gasteiger partial charge is 0.363 e. The summed E-state index contributed by atoms with van der Waals surface area (Å²) < 4.78 is 35.2. The first kappa shape index (κ1) is 23.8. The van der Waals surface area contributed by atoms with Crippen LogP contribution in [0, 0.1) is 0 Å². The number of nitrogens with one attached hydrogen (secondary N) is 2. The fourth-order valence-corrected chi connectivity index (χ4v) is 3.99. The third-order valence-electron chi connectivity index (χ3n) is 5.38. The molecule has 3 heterocycles. The summed E-state index contributed by atoms with van der Waals surface area (Å²) in [6, 6.07) is 9.34. The molecule has 0 aliphatic carbocycles. The molecular weight excluding hydrogens is 432 g/mol. The molecule has 3 aliphatic rings. The molecule has 3 fully saturated rings. The molecule has 2 amide bonds. The number of fused-ring (bicyclic) bond motifs is 1. The van der Waals surface area contributed by atoms with Crippen molar-refractivity contribution >= 4 is 17.9 Å². The standard InChI is InChI=1S/C23H30N2O8/c1-22(2)29-12-15(31-22)18-19(20-21(30-18)33-23(3,4)32-20)28-13-17(27)25-24-16(26)11-10-14-8-6-5-7-9-14/h5-11,15,18-21H,12-13H2,1-4H3,(H,24,26)(H,25,27).